The topological polar surface area (TPSA) is 111 Å². The second-order valence-corrected chi connectivity index (χ2v) is 4.37. The number of anilines is 2. The molecule has 108 valence electrons. The van der Waals surface area contributed by atoms with Gasteiger partial charge in [0.2, 0.25) is 0 Å². The Morgan fingerprint density at radius 2 is 2.10 bits per heavy atom. The number of nitrogens with one attached hydrogen (secondary N) is 1. The molecule has 1 amide bonds. The molecular formula is C12H8ClFN4O3. The third kappa shape index (κ3) is 3.42. The number of nitro groups is 1. The third-order valence-corrected chi connectivity index (χ3v) is 2.68. The number of carbonyl (C=O) groups is 1. The number of hydrogen-bond acceptors (Lipinski definition) is 5. The maximum Gasteiger partial charge on any atom is 0.271 e. The van der Waals surface area contributed by atoms with Gasteiger partial charge in [-0.05, 0) is 18.2 Å². The molecule has 0 atom stereocenters. The Balaban J connectivity index is 2.31. The van der Waals surface area contributed by atoms with Crippen molar-refractivity contribution in [3.05, 3.63) is 57.0 Å². The summed E-state index contributed by atoms with van der Waals surface area (Å²) in [5, 5.41) is 12.9. The summed E-state index contributed by atoms with van der Waals surface area (Å²) in [4.78, 5) is 25.6. The van der Waals surface area contributed by atoms with Gasteiger partial charge in [-0.25, -0.2) is 9.37 Å². The highest BCUT2D eigenvalue weighted by atomic mass is 35.5. The van der Waals surface area contributed by atoms with Crippen molar-refractivity contribution in [1.29, 1.82) is 0 Å². The fourth-order valence-corrected chi connectivity index (χ4v) is 1.78. The van der Waals surface area contributed by atoms with Crippen molar-refractivity contribution < 1.29 is 14.1 Å². The molecule has 0 bridgehead atoms. The van der Waals surface area contributed by atoms with E-state index >= 15 is 0 Å². The first-order valence-corrected chi connectivity index (χ1v) is 5.93. The van der Waals surface area contributed by atoms with Gasteiger partial charge >= 0.3 is 0 Å². The molecule has 0 spiro atoms. The van der Waals surface area contributed by atoms with E-state index < -0.39 is 16.6 Å². The van der Waals surface area contributed by atoms with Gasteiger partial charge in [-0.3, -0.25) is 14.9 Å². The highest BCUT2D eigenvalue weighted by Gasteiger charge is 2.15. The van der Waals surface area contributed by atoms with Crippen LogP contribution in [0.3, 0.4) is 0 Å². The van der Waals surface area contributed by atoms with Crippen LogP contribution >= 0.6 is 11.6 Å². The van der Waals surface area contributed by atoms with Gasteiger partial charge < -0.3 is 11.1 Å². The lowest BCUT2D eigenvalue weighted by atomic mass is 10.2. The van der Waals surface area contributed by atoms with Crippen molar-refractivity contribution in [3.8, 4) is 0 Å². The molecule has 0 unspecified atom stereocenters. The number of nitrogens with two attached hydrogens (primary N) is 1. The van der Waals surface area contributed by atoms with Crippen LogP contribution in [0, 0.1) is 15.9 Å². The second kappa shape index (κ2) is 5.71. The minimum atomic E-state index is -0.804. The van der Waals surface area contributed by atoms with Gasteiger partial charge in [-0.1, -0.05) is 11.6 Å². The average molecular weight is 311 g/mol. The quantitative estimate of drug-likeness (QED) is 0.514. The Kier molecular flexibility index (Phi) is 3.99. The lowest BCUT2D eigenvalue weighted by Crippen LogP contribution is -2.14. The Morgan fingerprint density at radius 1 is 1.38 bits per heavy atom. The number of nitro benzene ring substituents is 1. The lowest BCUT2D eigenvalue weighted by Gasteiger charge is -2.07. The zero-order valence-corrected chi connectivity index (χ0v) is 11.1. The number of rotatable bonds is 3. The predicted octanol–water partition coefficient (Wildman–Crippen LogP) is 2.62. The Bertz CT molecular complexity index is 718. The van der Waals surface area contributed by atoms with Crippen LogP contribution in [0.15, 0.2) is 30.3 Å². The molecule has 2 aromatic rings. The minimum Gasteiger partial charge on any atom is -0.384 e. The number of benzene rings is 1. The van der Waals surface area contributed by atoms with Gasteiger partial charge in [0, 0.05) is 17.7 Å². The van der Waals surface area contributed by atoms with E-state index in [0.29, 0.717) is 0 Å². The molecule has 21 heavy (non-hydrogen) atoms. The van der Waals surface area contributed by atoms with E-state index in [1.807, 2.05) is 0 Å². The van der Waals surface area contributed by atoms with E-state index in [0.717, 1.165) is 18.2 Å². The van der Waals surface area contributed by atoms with Gasteiger partial charge in [-0.15, -0.1) is 0 Å². The number of halogens is 2. The molecule has 0 saturated heterocycles. The zero-order chi connectivity index (χ0) is 15.6. The molecule has 0 aliphatic carbocycles. The molecule has 1 heterocycles. The van der Waals surface area contributed by atoms with Crippen LogP contribution in [-0.2, 0) is 0 Å². The standard InChI is InChI=1S/C12H8ClFN4O3/c13-10-3-6(4-11(15)17-10)12(19)16-9-5-7(18(20)21)1-2-8(9)14/h1-5H,(H2,15,17)(H,16,19). The van der Waals surface area contributed by atoms with Crippen LogP contribution in [0.4, 0.5) is 21.6 Å². The summed E-state index contributed by atoms with van der Waals surface area (Å²) in [6.07, 6.45) is 0. The van der Waals surface area contributed by atoms with E-state index in [1.165, 1.54) is 12.1 Å². The number of hydrogen-bond donors (Lipinski definition) is 2. The van der Waals surface area contributed by atoms with Gasteiger partial charge in [0.15, 0.2) is 0 Å². The summed E-state index contributed by atoms with van der Waals surface area (Å²) >= 11 is 5.66. The summed E-state index contributed by atoms with van der Waals surface area (Å²) in [5.74, 6) is -1.50. The Labute approximate surface area is 122 Å². The fourth-order valence-electron chi connectivity index (χ4n) is 1.57. The smallest absolute Gasteiger partial charge is 0.271 e. The first kappa shape index (κ1) is 14.7. The maximum absolute atomic E-state index is 13.6. The van der Waals surface area contributed by atoms with E-state index in [1.54, 1.807) is 0 Å². The molecule has 9 heteroatoms. The predicted molar refractivity (Wildman–Crippen MR) is 74.7 cm³/mol. The highest BCUT2D eigenvalue weighted by molar-refractivity contribution is 6.30. The minimum absolute atomic E-state index is 0.000311. The number of non-ortho nitro benzene ring substituents is 1. The normalized spacial score (nSPS) is 10.2. The van der Waals surface area contributed by atoms with Crippen molar-refractivity contribution >= 4 is 34.7 Å². The number of nitrogen functional groups attached to an aromatic ring is 1. The number of pyridine rings is 1. The summed E-state index contributed by atoms with van der Waals surface area (Å²) in [6.45, 7) is 0. The molecule has 2 rings (SSSR count). The molecule has 0 aliphatic heterocycles. The van der Waals surface area contributed by atoms with Gasteiger partial charge in [0.1, 0.15) is 16.8 Å². The van der Waals surface area contributed by atoms with Crippen molar-refractivity contribution in [1.82, 2.24) is 4.98 Å². The Hall–Kier alpha value is -2.74. The van der Waals surface area contributed by atoms with Gasteiger partial charge in [0.25, 0.3) is 11.6 Å². The van der Waals surface area contributed by atoms with Crippen LogP contribution in [-0.4, -0.2) is 15.8 Å². The van der Waals surface area contributed by atoms with Crippen LogP contribution in [0.25, 0.3) is 0 Å². The summed E-state index contributed by atoms with van der Waals surface area (Å²) < 4.78 is 13.6. The van der Waals surface area contributed by atoms with Crippen molar-refractivity contribution in [2.75, 3.05) is 11.1 Å². The van der Waals surface area contributed by atoms with Crippen molar-refractivity contribution in [2.24, 2.45) is 0 Å². The summed E-state index contributed by atoms with van der Waals surface area (Å²) in [7, 11) is 0. The molecule has 0 aliphatic rings. The van der Waals surface area contributed by atoms with E-state index in [2.05, 4.69) is 10.3 Å². The van der Waals surface area contributed by atoms with E-state index in [-0.39, 0.29) is 27.9 Å². The fraction of sp³-hybridized carbons (Fsp3) is 0. The van der Waals surface area contributed by atoms with Crippen molar-refractivity contribution in [2.45, 2.75) is 0 Å². The van der Waals surface area contributed by atoms with Crippen LogP contribution < -0.4 is 11.1 Å². The van der Waals surface area contributed by atoms with Crippen LogP contribution in [0.1, 0.15) is 10.4 Å². The Morgan fingerprint density at radius 3 is 2.71 bits per heavy atom. The molecule has 3 N–H and O–H groups in total. The first-order valence-electron chi connectivity index (χ1n) is 5.55. The van der Waals surface area contributed by atoms with Crippen LogP contribution in [0.2, 0.25) is 5.15 Å². The molecule has 1 aromatic heterocycles. The monoisotopic (exact) mass is 310 g/mol. The van der Waals surface area contributed by atoms with Crippen molar-refractivity contribution in [3.63, 3.8) is 0 Å². The molecule has 1 aromatic carbocycles. The largest absolute Gasteiger partial charge is 0.384 e. The number of carbonyl (C=O) groups excluding carboxylic acids is 1. The van der Waals surface area contributed by atoms with E-state index in [4.69, 9.17) is 17.3 Å². The zero-order valence-electron chi connectivity index (χ0n) is 10.3. The molecule has 0 saturated carbocycles. The molecule has 0 fully saturated rings. The summed E-state index contributed by atoms with van der Waals surface area (Å²) in [5.41, 5.74) is 4.83. The van der Waals surface area contributed by atoms with Crippen LogP contribution in [0.5, 0.6) is 0 Å². The molecule has 7 nitrogen and oxygen atoms in total. The summed E-state index contributed by atoms with van der Waals surface area (Å²) in [6, 6.07) is 5.28. The number of aromatic nitrogens is 1. The average Bonchev–Trinajstić information content (AvgIpc) is 2.39. The van der Waals surface area contributed by atoms with E-state index in [9.17, 15) is 19.3 Å². The first-order chi connectivity index (χ1) is 9.86. The highest BCUT2D eigenvalue weighted by Crippen LogP contribution is 2.22. The van der Waals surface area contributed by atoms with Gasteiger partial charge in [-0.2, -0.15) is 0 Å². The second-order valence-electron chi connectivity index (χ2n) is 3.98. The van der Waals surface area contributed by atoms with Gasteiger partial charge in [0.05, 0.1) is 10.6 Å². The number of amides is 1. The lowest BCUT2D eigenvalue weighted by molar-refractivity contribution is -0.384. The maximum atomic E-state index is 13.6. The molecule has 0 radical (unpaired) electrons. The molecular weight excluding hydrogens is 303 g/mol. The number of nitrogens with zero attached hydrogens (tertiary/aromatic N) is 2. The SMILES string of the molecule is Nc1cc(C(=O)Nc2cc([N+](=O)[O-])ccc2F)cc(Cl)n1. The third-order valence-electron chi connectivity index (χ3n) is 2.49.